The van der Waals surface area contributed by atoms with E-state index in [2.05, 4.69) is 25.3 Å². The van der Waals surface area contributed by atoms with Gasteiger partial charge in [-0.1, -0.05) is 31.8 Å². The van der Waals surface area contributed by atoms with Gasteiger partial charge in [0.05, 0.1) is 0 Å². The summed E-state index contributed by atoms with van der Waals surface area (Å²) in [7, 11) is 0. The summed E-state index contributed by atoms with van der Waals surface area (Å²) in [5.41, 5.74) is 0. The highest BCUT2D eigenvalue weighted by Crippen LogP contribution is 1.97. The number of hydrogen-bond donors (Lipinski definition) is 1. The van der Waals surface area contributed by atoms with E-state index < -0.39 is 6.10 Å². The Bertz CT molecular complexity index is 162. The predicted molar refractivity (Wildman–Crippen MR) is 52.7 cm³/mol. The lowest BCUT2D eigenvalue weighted by molar-refractivity contribution is 0.236. The maximum atomic E-state index is 9.16. The average Bonchev–Trinajstić information content (AvgIpc) is 2.05. The molecule has 0 bridgehead atoms. The molecule has 0 saturated carbocycles. The van der Waals surface area contributed by atoms with Crippen LogP contribution in [0.4, 0.5) is 0 Å². The number of rotatable bonds is 5. The fraction of sp³-hybridized carbons (Fsp3) is 0.636. The molecule has 0 aliphatic rings. The Labute approximate surface area is 75.5 Å². The van der Waals surface area contributed by atoms with Crippen molar-refractivity contribution >= 4 is 0 Å². The SMILES string of the molecule is C=CC[C@@H](O)C#CCCCCC. The van der Waals surface area contributed by atoms with Gasteiger partial charge in [0.2, 0.25) is 0 Å². The van der Waals surface area contributed by atoms with E-state index in [1.165, 1.54) is 12.8 Å². The van der Waals surface area contributed by atoms with Crippen molar-refractivity contribution in [3.63, 3.8) is 0 Å². The van der Waals surface area contributed by atoms with Crippen LogP contribution in [0.25, 0.3) is 0 Å². The van der Waals surface area contributed by atoms with Crippen molar-refractivity contribution in [1.29, 1.82) is 0 Å². The van der Waals surface area contributed by atoms with Crippen molar-refractivity contribution in [2.24, 2.45) is 0 Å². The molecule has 0 aliphatic carbocycles. The molecular formula is C11H18O. The van der Waals surface area contributed by atoms with E-state index in [9.17, 15) is 0 Å². The Morgan fingerprint density at radius 2 is 2.25 bits per heavy atom. The van der Waals surface area contributed by atoms with Crippen LogP contribution in [0.3, 0.4) is 0 Å². The number of aliphatic hydroxyl groups excluding tert-OH is 1. The summed E-state index contributed by atoms with van der Waals surface area (Å²) in [6.07, 6.45) is 6.24. The third kappa shape index (κ3) is 7.37. The van der Waals surface area contributed by atoms with Gasteiger partial charge >= 0.3 is 0 Å². The third-order valence-electron chi connectivity index (χ3n) is 1.56. The zero-order chi connectivity index (χ0) is 9.23. The molecule has 1 nitrogen and oxygen atoms in total. The minimum atomic E-state index is -0.510. The minimum absolute atomic E-state index is 0.510. The van der Waals surface area contributed by atoms with E-state index in [-0.39, 0.29) is 0 Å². The van der Waals surface area contributed by atoms with E-state index in [0.717, 1.165) is 12.8 Å². The standard InChI is InChI=1S/C11H18O/c1-3-5-6-7-8-10-11(12)9-4-2/h4,11-12H,2-3,5-7,9H2,1H3/t11-/m1/s1. The van der Waals surface area contributed by atoms with Crippen LogP contribution in [0.1, 0.15) is 39.0 Å². The molecule has 0 radical (unpaired) electrons. The topological polar surface area (TPSA) is 20.2 Å². The van der Waals surface area contributed by atoms with Gasteiger partial charge in [-0.15, -0.1) is 12.5 Å². The number of hydrogen-bond acceptors (Lipinski definition) is 1. The molecule has 0 fully saturated rings. The largest absolute Gasteiger partial charge is 0.380 e. The van der Waals surface area contributed by atoms with Gasteiger partial charge in [0.1, 0.15) is 6.10 Å². The van der Waals surface area contributed by atoms with Gasteiger partial charge < -0.3 is 5.11 Å². The van der Waals surface area contributed by atoms with Crippen LogP contribution in [0.2, 0.25) is 0 Å². The van der Waals surface area contributed by atoms with Crippen LogP contribution in [0.5, 0.6) is 0 Å². The van der Waals surface area contributed by atoms with Crippen LogP contribution in [0.15, 0.2) is 12.7 Å². The molecule has 1 N–H and O–H groups in total. The van der Waals surface area contributed by atoms with E-state index in [1.54, 1.807) is 6.08 Å². The molecule has 68 valence electrons. The Balaban J connectivity index is 3.37. The summed E-state index contributed by atoms with van der Waals surface area (Å²) in [5.74, 6) is 5.73. The van der Waals surface area contributed by atoms with Gasteiger partial charge in [-0.3, -0.25) is 0 Å². The van der Waals surface area contributed by atoms with Crippen LogP contribution >= 0.6 is 0 Å². The van der Waals surface area contributed by atoms with Gasteiger partial charge in [-0.25, -0.2) is 0 Å². The molecule has 1 atom stereocenters. The monoisotopic (exact) mass is 166 g/mol. The third-order valence-corrected chi connectivity index (χ3v) is 1.56. The first-order valence-electron chi connectivity index (χ1n) is 4.58. The Kier molecular flexibility index (Phi) is 7.84. The first kappa shape index (κ1) is 11.3. The summed E-state index contributed by atoms with van der Waals surface area (Å²) >= 11 is 0. The van der Waals surface area contributed by atoms with E-state index in [1.807, 2.05) is 0 Å². The fourth-order valence-electron chi connectivity index (χ4n) is 0.870. The predicted octanol–water partition coefficient (Wildman–Crippen LogP) is 2.51. The van der Waals surface area contributed by atoms with Crippen molar-refractivity contribution in [3.05, 3.63) is 12.7 Å². The van der Waals surface area contributed by atoms with Crippen molar-refractivity contribution in [3.8, 4) is 11.8 Å². The second kappa shape index (κ2) is 8.36. The van der Waals surface area contributed by atoms with Crippen LogP contribution in [-0.4, -0.2) is 11.2 Å². The quantitative estimate of drug-likeness (QED) is 0.378. The van der Waals surface area contributed by atoms with Crippen molar-refractivity contribution in [2.45, 2.75) is 45.1 Å². The van der Waals surface area contributed by atoms with Gasteiger partial charge in [0, 0.05) is 12.8 Å². The van der Waals surface area contributed by atoms with Crippen LogP contribution in [0, 0.1) is 11.8 Å². The van der Waals surface area contributed by atoms with Gasteiger partial charge in [-0.05, 0) is 6.42 Å². The summed E-state index contributed by atoms with van der Waals surface area (Å²) in [4.78, 5) is 0. The maximum Gasteiger partial charge on any atom is 0.118 e. The van der Waals surface area contributed by atoms with Gasteiger partial charge in [-0.2, -0.15) is 0 Å². The van der Waals surface area contributed by atoms with E-state index >= 15 is 0 Å². The molecule has 12 heavy (non-hydrogen) atoms. The molecule has 0 heterocycles. The van der Waals surface area contributed by atoms with E-state index in [4.69, 9.17) is 5.11 Å². The van der Waals surface area contributed by atoms with Crippen molar-refractivity contribution in [1.82, 2.24) is 0 Å². The molecule has 0 amide bonds. The lowest BCUT2D eigenvalue weighted by atomic mass is 10.2. The van der Waals surface area contributed by atoms with Crippen molar-refractivity contribution < 1.29 is 5.11 Å². The molecule has 0 spiro atoms. The first-order chi connectivity index (χ1) is 5.81. The number of aliphatic hydroxyl groups is 1. The molecule has 0 unspecified atom stereocenters. The second-order valence-electron chi connectivity index (χ2n) is 2.82. The number of unbranched alkanes of at least 4 members (excludes halogenated alkanes) is 3. The molecule has 0 saturated heterocycles. The minimum Gasteiger partial charge on any atom is -0.380 e. The summed E-state index contributed by atoms with van der Waals surface area (Å²) in [6.45, 7) is 5.70. The summed E-state index contributed by atoms with van der Waals surface area (Å²) in [6, 6.07) is 0. The lowest BCUT2D eigenvalue weighted by Crippen LogP contribution is -1.99. The normalized spacial score (nSPS) is 11.5. The molecule has 0 aromatic carbocycles. The lowest BCUT2D eigenvalue weighted by Gasteiger charge is -1.95. The molecule has 0 rings (SSSR count). The molecule has 0 aromatic heterocycles. The molecule has 0 aromatic rings. The molecule has 0 aliphatic heterocycles. The zero-order valence-electron chi connectivity index (χ0n) is 7.84. The smallest absolute Gasteiger partial charge is 0.118 e. The highest BCUT2D eigenvalue weighted by Gasteiger charge is 1.91. The molecular weight excluding hydrogens is 148 g/mol. The Hall–Kier alpha value is -0.740. The zero-order valence-corrected chi connectivity index (χ0v) is 7.84. The second-order valence-corrected chi connectivity index (χ2v) is 2.82. The molecule has 1 heteroatoms. The van der Waals surface area contributed by atoms with Crippen LogP contribution < -0.4 is 0 Å². The Morgan fingerprint density at radius 1 is 1.50 bits per heavy atom. The first-order valence-corrected chi connectivity index (χ1v) is 4.58. The van der Waals surface area contributed by atoms with E-state index in [0.29, 0.717) is 6.42 Å². The fourth-order valence-corrected chi connectivity index (χ4v) is 0.870. The van der Waals surface area contributed by atoms with Gasteiger partial charge in [0.25, 0.3) is 0 Å². The highest BCUT2D eigenvalue weighted by atomic mass is 16.3. The van der Waals surface area contributed by atoms with Crippen LogP contribution in [-0.2, 0) is 0 Å². The maximum absolute atomic E-state index is 9.16. The van der Waals surface area contributed by atoms with Crippen molar-refractivity contribution in [2.75, 3.05) is 0 Å². The summed E-state index contributed by atoms with van der Waals surface area (Å²) < 4.78 is 0. The van der Waals surface area contributed by atoms with Gasteiger partial charge in [0.15, 0.2) is 0 Å². The highest BCUT2D eigenvalue weighted by molar-refractivity contribution is 5.05. The average molecular weight is 166 g/mol. The summed E-state index contributed by atoms with van der Waals surface area (Å²) in [5, 5.41) is 9.16. The Morgan fingerprint density at radius 3 is 2.83 bits per heavy atom.